The molecule has 0 saturated carbocycles. The second-order valence-corrected chi connectivity index (χ2v) is 4.81. The van der Waals surface area contributed by atoms with Gasteiger partial charge in [-0.25, -0.2) is 0 Å². The molecular weight excluding hydrogens is 295 g/mol. The molecule has 2 aromatic carbocycles. The Morgan fingerprint density at radius 2 is 1.15 bits per heavy atom. The number of fused-ring (bicyclic) bond motifs is 1. The molecule has 100 valence electrons. The molecule has 2 rings (SSSR count). The zero-order chi connectivity index (χ0) is 14.5. The van der Waals surface area contributed by atoms with Crippen LogP contribution in [0.15, 0.2) is 48.6 Å². The van der Waals surface area contributed by atoms with Gasteiger partial charge in [0.2, 0.25) is 10.5 Å². The minimum Gasteiger partial charge on any atom is -0.276 e. The van der Waals surface area contributed by atoms with Crippen molar-refractivity contribution in [1.82, 2.24) is 0 Å². The molecule has 2 aromatic rings. The minimum absolute atomic E-state index is 0.522. The lowest BCUT2D eigenvalue weighted by molar-refractivity contribution is -0.108. The van der Waals surface area contributed by atoms with E-state index in [-0.39, 0.29) is 0 Å². The van der Waals surface area contributed by atoms with Gasteiger partial charge in [0.1, 0.15) is 0 Å². The van der Waals surface area contributed by atoms with Crippen LogP contribution in [0.4, 0.5) is 0 Å². The third-order valence-electron chi connectivity index (χ3n) is 2.78. The molecular formula is C16H10Cl2O2. The van der Waals surface area contributed by atoms with E-state index in [0.29, 0.717) is 0 Å². The molecule has 0 aliphatic rings. The van der Waals surface area contributed by atoms with Crippen LogP contribution in [0, 0.1) is 0 Å². The van der Waals surface area contributed by atoms with Crippen LogP contribution < -0.4 is 0 Å². The largest absolute Gasteiger partial charge is 0.276 e. The number of benzene rings is 2. The predicted octanol–water partition coefficient (Wildman–Crippen LogP) is 4.40. The molecule has 0 amide bonds. The van der Waals surface area contributed by atoms with Gasteiger partial charge in [-0.05, 0) is 69.4 Å². The summed E-state index contributed by atoms with van der Waals surface area (Å²) in [6.07, 6.45) is 5.94. The molecule has 0 aliphatic carbocycles. The van der Waals surface area contributed by atoms with Gasteiger partial charge < -0.3 is 0 Å². The van der Waals surface area contributed by atoms with E-state index >= 15 is 0 Å². The predicted molar refractivity (Wildman–Crippen MR) is 83.7 cm³/mol. The lowest BCUT2D eigenvalue weighted by atomic mass is 9.99. The van der Waals surface area contributed by atoms with Crippen molar-refractivity contribution in [2.45, 2.75) is 0 Å². The SMILES string of the molecule is O=C(Cl)C=Cc1ccc(C=CC(=O)Cl)c2ccccc12. The first-order chi connectivity index (χ1) is 9.58. The van der Waals surface area contributed by atoms with Crippen molar-refractivity contribution in [1.29, 1.82) is 0 Å². The Morgan fingerprint density at radius 3 is 1.50 bits per heavy atom. The van der Waals surface area contributed by atoms with Crippen LogP contribution in [0.2, 0.25) is 0 Å². The number of carbonyl (C=O) groups excluding carboxylic acids is 2. The van der Waals surface area contributed by atoms with Crippen LogP contribution in [0.3, 0.4) is 0 Å². The second-order valence-electron chi connectivity index (χ2n) is 4.06. The van der Waals surface area contributed by atoms with Gasteiger partial charge in [-0.15, -0.1) is 0 Å². The van der Waals surface area contributed by atoms with Gasteiger partial charge in [0.05, 0.1) is 0 Å². The summed E-state index contributed by atoms with van der Waals surface area (Å²) in [6, 6.07) is 11.4. The number of hydrogen-bond acceptors (Lipinski definition) is 2. The maximum Gasteiger partial charge on any atom is 0.245 e. The lowest BCUT2D eigenvalue weighted by Crippen LogP contribution is -1.85. The summed E-state index contributed by atoms with van der Waals surface area (Å²) in [4.78, 5) is 21.6. The zero-order valence-electron chi connectivity index (χ0n) is 10.3. The van der Waals surface area contributed by atoms with Gasteiger partial charge in [0.25, 0.3) is 0 Å². The molecule has 0 aromatic heterocycles. The highest BCUT2D eigenvalue weighted by molar-refractivity contribution is 6.67. The highest BCUT2D eigenvalue weighted by Gasteiger charge is 2.02. The van der Waals surface area contributed by atoms with E-state index in [1.54, 1.807) is 12.2 Å². The Hall–Kier alpha value is -1.90. The van der Waals surface area contributed by atoms with Crippen molar-refractivity contribution in [3.05, 3.63) is 59.7 Å². The van der Waals surface area contributed by atoms with Crippen molar-refractivity contribution in [3.8, 4) is 0 Å². The average Bonchev–Trinajstić information content (AvgIpc) is 2.43. The minimum atomic E-state index is -0.522. The summed E-state index contributed by atoms with van der Waals surface area (Å²) in [5.41, 5.74) is 1.76. The van der Waals surface area contributed by atoms with E-state index in [1.165, 1.54) is 12.2 Å². The van der Waals surface area contributed by atoms with E-state index < -0.39 is 10.5 Å². The number of hydrogen-bond donors (Lipinski definition) is 0. The molecule has 0 N–H and O–H groups in total. The standard InChI is InChI=1S/C16H10Cl2O2/c17-15(19)9-7-11-5-6-12(8-10-16(18)20)14-4-2-1-3-13(11)14/h1-10H. The van der Waals surface area contributed by atoms with Crippen LogP contribution in [0.1, 0.15) is 11.1 Å². The molecule has 4 heteroatoms. The van der Waals surface area contributed by atoms with E-state index in [4.69, 9.17) is 23.2 Å². The Labute approximate surface area is 126 Å². The first-order valence-corrected chi connectivity index (χ1v) is 6.60. The average molecular weight is 305 g/mol. The van der Waals surface area contributed by atoms with Crippen molar-refractivity contribution in [2.75, 3.05) is 0 Å². The maximum absolute atomic E-state index is 10.8. The van der Waals surface area contributed by atoms with E-state index in [0.717, 1.165) is 21.9 Å². The van der Waals surface area contributed by atoms with Gasteiger partial charge in [0, 0.05) is 0 Å². The van der Waals surface area contributed by atoms with Crippen LogP contribution in [0.5, 0.6) is 0 Å². The molecule has 0 radical (unpaired) electrons. The summed E-state index contributed by atoms with van der Waals surface area (Å²) in [7, 11) is 0. The van der Waals surface area contributed by atoms with E-state index in [9.17, 15) is 9.59 Å². The highest BCUT2D eigenvalue weighted by atomic mass is 35.5. The Morgan fingerprint density at radius 1 is 0.750 bits per heavy atom. The third-order valence-corrected chi connectivity index (χ3v) is 3.03. The number of halogens is 2. The molecule has 0 atom stereocenters. The smallest absolute Gasteiger partial charge is 0.245 e. The molecule has 0 fully saturated rings. The molecule has 20 heavy (non-hydrogen) atoms. The quantitative estimate of drug-likeness (QED) is 0.620. The van der Waals surface area contributed by atoms with Crippen LogP contribution in [-0.2, 0) is 9.59 Å². The Kier molecular flexibility index (Phi) is 4.72. The third kappa shape index (κ3) is 3.56. The lowest BCUT2D eigenvalue weighted by Gasteiger charge is -2.06. The summed E-state index contributed by atoms with van der Waals surface area (Å²) < 4.78 is 0. The van der Waals surface area contributed by atoms with Gasteiger partial charge in [-0.2, -0.15) is 0 Å². The number of carbonyl (C=O) groups is 2. The molecule has 0 saturated heterocycles. The zero-order valence-corrected chi connectivity index (χ0v) is 11.9. The van der Waals surface area contributed by atoms with Crippen molar-refractivity contribution < 1.29 is 9.59 Å². The Bertz CT molecular complexity index is 668. The van der Waals surface area contributed by atoms with Gasteiger partial charge >= 0.3 is 0 Å². The van der Waals surface area contributed by atoms with Crippen LogP contribution in [-0.4, -0.2) is 10.5 Å². The summed E-state index contributed by atoms with van der Waals surface area (Å²) in [6.45, 7) is 0. The first-order valence-electron chi connectivity index (χ1n) is 5.85. The van der Waals surface area contributed by atoms with E-state index in [2.05, 4.69) is 0 Å². The van der Waals surface area contributed by atoms with E-state index in [1.807, 2.05) is 36.4 Å². The fourth-order valence-corrected chi connectivity index (χ4v) is 2.07. The molecule has 0 unspecified atom stereocenters. The molecule has 0 bridgehead atoms. The van der Waals surface area contributed by atoms with Crippen molar-refractivity contribution in [2.24, 2.45) is 0 Å². The maximum atomic E-state index is 10.8. The Balaban J connectivity index is 2.58. The van der Waals surface area contributed by atoms with Crippen molar-refractivity contribution >= 4 is 56.6 Å². The summed E-state index contributed by atoms with van der Waals surface area (Å²) >= 11 is 10.6. The fourth-order valence-electron chi connectivity index (χ4n) is 1.95. The van der Waals surface area contributed by atoms with Crippen LogP contribution in [0.25, 0.3) is 22.9 Å². The summed E-state index contributed by atoms with van der Waals surface area (Å²) in [5, 5.41) is 0.883. The number of allylic oxidation sites excluding steroid dienone is 2. The van der Waals surface area contributed by atoms with Gasteiger partial charge in [-0.1, -0.05) is 36.4 Å². The van der Waals surface area contributed by atoms with Crippen molar-refractivity contribution in [3.63, 3.8) is 0 Å². The first kappa shape index (κ1) is 14.5. The molecule has 2 nitrogen and oxygen atoms in total. The molecule has 0 heterocycles. The van der Waals surface area contributed by atoms with Gasteiger partial charge in [0.15, 0.2) is 0 Å². The van der Waals surface area contributed by atoms with Crippen LogP contribution >= 0.6 is 23.2 Å². The number of rotatable bonds is 4. The van der Waals surface area contributed by atoms with Gasteiger partial charge in [-0.3, -0.25) is 9.59 Å². The second kappa shape index (κ2) is 6.51. The normalized spacial score (nSPS) is 11.5. The monoisotopic (exact) mass is 304 g/mol. The topological polar surface area (TPSA) is 34.1 Å². The molecule has 0 aliphatic heterocycles. The summed E-state index contributed by atoms with van der Waals surface area (Å²) in [5.74, 6) is 0. The highest BCUT2D eigenvalue weighted by Crippen LogP contribution is 2.25. The molecule has 0 spiro atoms. The fraction of sp³-hybridized carbons (Fsp3) is 0.